The van der Waals surface area contributed by atoms with Gasteiger partial charge in [-0.15, -0.1) is 5.10 Å². The molecular weight excluding hydrogens is 488 g/mol. The van der Waals surface area contributed by atoms with Crippen molar-refractivity contribution in [3.8, 4) is 0 Å². The van der Waals surface area contributed by atoms with Crippen molar-refractivity contribution in [2.75, 3.05) is 6.54 Å². The maximum absolute atomic E-state index is 14.9. The largest absolute Gasteiger partial charge is 0.343 e. The number of likely N-dealkylation sites (tertiary alicyclic amines) is 1. The summed E-state index contributed by atoms with van der Waals surface area (Å²) in [4.78, 5) is 28.1. The molecule has 1 saturated heterocycles. The van der Waals surface area contributed by atoms with E-state index in [1.165, 1.54) is 15.6 Å². The zero-order chi connectivity index (χ0) is 26.2. The maximum Gasteiger partial charge on any atom is 0.245 e. The van der Waals surface area contributed by atoms with Crippen LogP contribution in [0.25, 0.3) is 11.0 Å². The molecule has 194 valence electrons. The number of para-hydroxylation sites is 1. The molecule has 6 rings (SSSR count). The SMILES string of the molecule is O=C(N[C@@H](c1ccccc1)c1ccc(C2CC2)c(F)c1)[C@@H]1C[C@@H](F)CN1C(=O)Cn1nnc2ccccc21. The van der Waals surface area contributed by atoms with Gasteiger partial charge in [-0.2, -0.15) is 0 Å². The highest BCUT2D eigenvalue weighted by Gasteiger charge is 2.40. The molecule has 7 nitrogen and oxygen atoms in total. The number of carbonyl (C=O) groups excluding carboxylic acids is 2. The molecule has 0 spiro atoms. The highest BCUT2D eigenvalue weighted by Crippen LogP contribution is 2.42. The highest BCUT2D eigenvalue weighted by molar-refractivity contribution is 5.89. The van der Waals surface area contributed by atoms with Gasteiger partial charge >= 0.3 is 0 Å². The maximum atomic E-state index is 14.9. The predicted molar refractivity (Wildman–Crippen MR) is 137 cm³/mol. The van der Waals surface area contributed by atoms with E-state index in [9.17, 15) is 18.4 Å². The van der Waals surface area contributed by atoms with Crippen molar-refractivity contribution >= 4 is 22.8 Å². The summed E-state index contributed by atoms with van der Waals surface area (Å²) in [5.41, 5.74) is 3.37. The number of carbonyl (C=O) groups is 2. The second-order valence-electron chi connectivity index (χ2n) is 10.0. The molecule has 2 heterocycles. The number of nitrogens with one attached hydrogen (secondary N) is 1. The first-order valence-corrected chi connectivity index (χ1v) is 12.8. The molecule has 1 N–H and O–H groups in total. The van der Waals surface area contributed by atoms with Gasteiger partial charge < -0.3 is 10.2 Å². The first-order chi connectivity index (χ1) is 18.5. The Kier molecular flexibility index (Phi) is 6.35. The van der Waals surface area contributed by atoms with Gasteiger partial charge in [0.15, 0.2) is 0 Å². The van der Waals surface area contributed by atoms with E-state index in [1.54, 1.807) is 18.2 Å². The summed E-state index contributed by atoms with van der Waals surface area (Å²) < 4.78 is 31.0. The summed E-state index contributed by atoms with van der Waals surface area (Å²) in [7, 11) is 0. The average Bonchev–Trinajstić information content (AvgIpc) is 3.58. The van der Waals surface area contributed by atoms with Crippen LogP contribution in [0.2, 0.25) is 0 Å². The number of benzene rings is 3. The van der Waals surface area contributed by atoms with E-state index in [4.69, 9.17) is 0 Å². The van der Waals surface area contributed by atoms with Gasteiger partial charge in [0, 0.05) is 6.42 Å². The van der Waals surface area contributed by atoms with E-state index in [-0.39, 0.29) is 31.2 Å². The van der Waals surface area contributed by atoms with Gasteiger partial charge in [-0.3, -0.25) is 9.59 Å². The van der Waals surface area contributed by atoms with Crippen LogP contribution < -0.4 is 5.32 Å². The molecule has 0 radical (unpaired) electrons. The van der Waals surface area contributed by atoms with Crippen LogP contribution in [0.1, 0.15) is 47.9 Å². The summed E-state index contributed by atoms with van der Waals surface area (Å²) in [5, 5.41) is 11.1. The second kappa shape index (κ2) is 9.96. The third kappa shape index (κ3) is 4.76. The van der Waals surface area contributed by atoms with Crippen molar-refractivity contribution in [1.82, 2.24) is 25.2 Å². The molecule has 2 aliphatic rings. The van der Waals surface area contributed by atoms with Crippen LogP contribution in [-0.4, -0.2) is 50.5 Å². The topological polar surface area (TPSA) is 80.1 Å². The van der Waals surface area contributed by atoms with Crippen LogP contribution in [0.15, 0.2) is 72.8 Å². The zero-order valence-corrected chi connectivity index (χ0v) is 20.6. The Morgan fingerprint density at radius 1 is 1.00 bits per heavy atom. The number of fused-ring (bicyclic) bond motifs is 1. The Hall–Kier alpha value is -4.14. The third-order valence-electron chi connectivity index (χ3n) is 7.37. The molecule has 1 aliphatic heterocycles. The van der Waals surface area contributed by atoms with E-state index in [2.05, 4.69) is 15.6 Å². The molecule has 1 saturated carbocycles. The average molecular weight is 516 g/mol. The van der Waals surface area contributed by atoms with E-state index in [0.29, 0.717) is 22.2 Å². The van der Waals surface area contributed by atoms with Crippen LogP contribution in [-0.2, 0) is 16.1 Å². The molecular formula is C29H27F2N5O2. The van der Waals surface area contributed by atoms with Gasteiger partial charge in [-0.25, -0.2) is 13.5 Å². The van der Waals surface area contributed by atoms with Gasteiger partial charge in [-0.1, -0.05) is 59.8 Å². The molecule has 3 atom stereocenters. The molecule has 38 heavy (non-hydrogen) atoms. The second-order valence-corrected chi connectivity index (χ2v) is 10.0. The summed E-state index contributed by atoms with van der Waals surface area (Å²) in [6.07, 6.45) is 0.532. The van der Waals surface area contributed by atoms with Crippen LogP contribution in [0, 0.1) is 5.82 Å². The minimum atomic E-state index is -1.33. The first-order valence-electron chi connectivity index (χ1n) is 12.8. The number of hydrogen-bond acceptors (Lipinski definition) is 4. The molecule has 4 aromatic rings. The molecule has 2 amide bonds. The lowest BCUT2D eigenvalue weighted by Crippen LogP contribution is -2.48. The van der Waals surface area contributed by atoms with Gasteiger partial charge in [0.25, 0.3) is 0 Å². The Bertz CT molecular complexity index is 1490. The predicted octanol–water partition coefficient (Wildman–Crippen LogP) is 4.29. The summed E-state index contributed by atoms with van der Waals surface area (Å²) in [6.45, 7) is -0.336. The van der Waals surface area contributed by atoms with Crippen LogP contribution in [0.3, 0.4) is 0 Å². The summed E-state index contributed by atoms with van der Waals surface area (Å²) in [6, 6.07) is 19.9. The van der Waals surface area contributed by atoms with E-state index in [1.807, 2.05) is 48.5 Å². The number of nitrogens with zero attached hydrogens (tertiary/aromatic N) is 4. The fraction of sp³-hybridized carbons (Fsp3) is 0.310. The molecule has 2 fully saturated rings. The van der Waals surface area contributed by atoms with Crippen molar-refractivity contribution in [1.29, 1.82) is 0 Å². The molecule has 9 heteroatoms. The van der Waals surface area contributed by atoms with Gasteiger partial charge in [-0.05, 0) is 53.6 Å². The number of rotatable bonds is 7. The van der Waals surface area contributed by atoms with Gasteiger partial charge in [0.1, 0.15) is 30.1 Å². The van der Waals surface area contributed by atoms with Crippen molar-refractivity contribution in [3.05, 3.63) is 95.3 Å². The standard InChI is InChI=1S/C29H27F2N5O2/c30-21-15-26(35(16-21)27(37)17-36-25-9-5-4-8-24(25)33-34-36)29(38)32-28(19-6-2-1-3-7-19)20-12-13-22(18-10-11-18)23(31)14-20/h1-9,12-14,18,21,26,28H,10-11,15-17H2,(H,32,38)/t21-,26+,28+/m1/s1. The number of amides is 2. The van der Waals surface area contributed by atoms with Crippen molar-refractivity contribution in [2.24, 2.45) is 0 Å². The lowest BCUT2D eigenvalue weighted by molar-refractivity contribution is -0.139. The van der Waals surface area contributed by atoms with Crippen molar-refractivity contribution < 1.29 is 18.4 Å². The van der Waals surface area contributed by atoms with E-state index in [0.717, 1.165) is 18.4 Å². The number of alkyl halides is 1. The van der Waals surface area contributed by atoms with Crippen LogP contribution >= 0.6 is 0 Å². The quantitative estimate of drug-likeness (QED) is 0.398. The molecule has 1 aliphatic carbocycles. The van der Waals surface area contributed by atoms with Gasteiger partial charge in [0.2, 0.25) is 11.8 Å². The Morgan fingerprint density at radius 3 is 2.53 bits per heavy atom. The minimum absolute atomic E-state index is 0.105. The molecule has 0 bridgehead atoms. The van der Waals surface area contributed by atoms with E-state index < -0.39 is 30.1 Å². The van der Waals surface area contributed by atoms with Crippen LogP contribution in [0.5, 0.6) is 0 Å². The number of halogens is 2. The fourth-order valence-electron chi connectivity index (χ4n) is 5.25. The zero-order valence-electron chi connectivity index (χ0n) is 20.6. The van der Waals surface area contributed by atoms with E-state index >= 15 is 0 Å². The summed E-state index contributed by atoms with van der Waals surface area (Å²) >= 11 is 0. The third-order valence-corrected chi connectivity index (χ3v) is 7.37. The highest BCUT2D eigenvalue weighted by atomic mass is 19.1. The monoisotopic (exact) mass is 515 g/mol. The van der Waals surface area contributed by atoms with Crippen molar-refractivity contribution in [3.63, 3.8) is 0 Å². The lowest BCUT2D eigenvalue weighted by Gasteiger charge is -2.27. The lowest BCUT2D eigenvalue weighted by atomic mass is 9.96. The Balaban J connectivity index is 1.24. The Morgan fingerprint density at radius 2 is 1.76 bits per heavy atom. The molecule has 1 aromatic heterocycles. The molecule has 0 unspecified atom stereocenters. The first kappa shape index (κ1) is 24.2. The summed E-state index contributed by atoms with van der Waals surface area (Å²) in [5.74, 6) is -0.934. The Labute approximate surface area is 218 Å². The van der Waals surface area contributed by atoms with Gasteiger partial charge in [0.05, 0.1) is 18.1 Å². The smallest absolute Gasteiger partial charge is 0.245 e. The van der Waals surface area contributed by atoms with Crippen molar-refractivity contribution in [2.45, 2.75) is 50.0 Å². The molecule has 3 aromatic carbocycles. The number of aromatic nitrogens is 3. The fourth-order valence-corrected chi connectivity index (χ4v) is 5.25. The van der Waals surface area contributed by atoms with Crippen LogP contribution in [0.4, 0.5) is 8.78 Å². The number of hydrogen-bond donors (Lipinski definition) is 1. The minimum Gasteiger partial charge on any atom is -0.343 e. The normalized spacial score (nSPS) is 20.0.